The third-order valence-corrected chi connectivity index (χ3v) is 1.81. The van der Waals surface area contributed by atoms with Crippen molar-refractivity contribution in [1.29, 1.82) is 0 Å². The second-order valence-corrected chi connectivity index (χ2v) is 2.95. The minimum Gasteiger partial charge on any atom is -0.481 e. The van der Waals surface area contributed by atoms with Crippen LogP contribution in [0.2, 0.25) is 0 Å². The molecule has 1 heterocycles. The molecule has 0 fully saturated rings. The molecule has 0 saturated carbocycles. The molecule has 4 heteroatoms. The van der Waals surface area contributed by atoms with Gasteiger partial charge in [0.1, 0.15) is 0 Å². The summed E-state index contributed by atoms with van der Waals surface area (Å²) in [5.41, 5.74) is 0.912. The number of carboxylic acid groups (broad SMARTS) is 1. The van der Waals surface area contributed by atoms with Gasteiger partial charge in [0, 0.05) is 12.4 Å². The van der Waals surface area contributed by atoms with Gasteiger partial charge in [-0.25, -0.2) is 4.68 Å². The molecule has 0 aliphatic carbocycles. The van der Waals surface area contributed by atoms with Gasteiger partial charge in [-0.1, -0.05) is 13.5 Å². The van der Waals surface area contributed by atoms with Crippen molar-refractivity contribution in [2.45, 2.75) is 13.3 Å². The second-order valence-electron chi connectivity index (χ2n) is 2.95. The summed E-state index contributed by atoms with van der Waals surface area (Å²) in [6.07, 6.45) is 5.49. The van der Waals surface area contributed by atoms with Crippen LogP contribution in [0.1, 0.15) is 12.5 Å². The van der Waals surface area contributed by atoms with Gasteiger partial charge in [0.05, 0.1) is 12.1 Å². The summed E-state index contributed by atoms with van der Waals surface area (Å²) >= 11 is 0. The van der Waals surface area contributed by atoms with Gasteiger partial charge >= 0.3 is 5.97 Å². The normalized spacial score (nSPS) is 12.4. The van der Waals surface area contributed by atoms with E-state index in [1.165, 1.54) is 0 Å². The van der Waals surface area contributed by atoms with Crippen LogP contribution in [0.15, 0.2) is 19.0 Å². The van der Waals surface area contributed by atoms with Gasteiger partial charge < -0.3 is 5.11 Å². The van der Waals surface area contributed by atoms with E-state index in [4.69, 9.17) is 5.11 Å². The Morgan fingerprint density at radius 2 is 2.62 bits per heavy atom. The molecule has 1 N–H and O–H groups in total. The predicted octanol–water partition coefficient (Wildman–Crippen LogP) is 1.25. The summed E-state index contributed by atoms with van der Waals surface area (Å²) in [4.78, 5) is 10.5. The maximum atomic E-state index is 10.5. The van der Waals surface area contributed by atoms with Crippen LogP contribution in [0.5, 0.6) is 0 Å². The fourth-order valence-electron chi connectivity index (χ4n) is 1.02. The van der Waals surface area contributed by atoms with Crippen molar-refractivity contribution in [1.82, 2.24) is 9.78 Å². The van der Waals surface area contributed by atoms with Crippen LogP contribution >= 0.6 is 0 Å². The Kier molecular flexibility index (Phi) is 2.84. The molecule has 0 aliphatic heterocycles. The van der Waals surface area contributed by atoms with Gasteiger partial charge in [-0.05, 0) is 12.0 Å². The lowest BCUT2D eigenvalue weighted by molar-refractivity contribution is -0.141. The van der Waals surface area contributed by atoms with Gasteiger partial charge in [0.25, 0.3) is 0 Å². The lowest BCUT2D eigenvalue weighted by Crippen LogP contribution is -2.11. The third kappa shape index (κ3) is 2.43. The first kappa shape index (κ1) is 9.51. The lowest BCUT2D eigenvalue weighted by atomic mass is 10.0. The number of carboxylic acids is 1. The smallest absolute Gasteiger partial charge is 0.306 e. The van der Waals surface area contributed by atoms with Gasteiger partial charge in [-0.15, -0.1) is 0 Å². The average Bonchev–Trinajstić information content (AvgIpc) is 2.52. The van der Waals surface area contributed by atoms with Gasteiger partial charge in [0.15, 0.2) is 0 Å². The molecule has 1 atom stereocenters. The van der Waals surface area contributed by atoms with Crippen LogP contribution in [0.4, 0.5) is 0 Å². The molecule has 0 bridgehead atoms. The summed E-state index contributed by atoms with van der Waals surface area (Å²) < 4.78 is 1.56. The number of hydrogen-bond acceptors (Lipinski definition) is 2. The molecule has 13 heavy (non-hydrogen) atoms. The van der Waals surface area contributed by atoms with E-state index in [1.807, 2.05) is 0 Å². The van der Waals surface area contributed by atoms with Crippen LogP contribution in [0.3, 0.4) is 0 Å². The molecular formula is C9H12N2O2. The number of aliphatic carboxylic acids is 1. The molecule has 0 aliphatic rings. The average molecular weight is 180 g/mol. The fourth-order valence-corrected chi connectivity index (χ4v) is 1.02. The molecule has 0 saturated heterocycles. The molecule has 4 nitrogen and oxygen atoms in total. The highest BCUT2D eigenvalue weighted by molar-refractivity contribution is 5.69. The zero-order valence-corrected chi connectivity index (χ0v) is 7.47. The van der Waals surface area contributed by atoms with Crippen molar-refractivity contribution in [3.63, 3.8) is 0 Å². The zero-order chi connectivity index (χ0) is 9.84. The molecule has 0 radical (unpaired) electrons. The molecule has 0 amide bonds. The molecule has 0 aromatic carbocycles. The van der Waals surface area contributed by atoms with Crippen molar-refractivity contribution in [2.75, 3.05) is 0 Å². The van der Waals surface area contributed by atoms with Crippen molar-refractivity contribution in [3.8, 4) is 0 Å². The summed E-state index contributed by atoms with van der Waals surface area (Å²) in [5, 5.41) is 12.6. The van der Waals surface area contributed by atoms with Crippen molar-refractivity contribution >= 4 is 12.2 Å². The molecule has 0 spiro atoms. The first-order valence-corrected chi connectivity index (χ1v) is 4.02. The van der Waals surface area contributed by atoms with E-state index in [0.717, 1.165) is 5.56 Å². The standard InChI is InChI=1S/C9H12N2O2/c1-3-11-6-8(5-10-11)4-7(2)9(12)13/h3,5-7H,1,4H2,2H3,(H,12,13). The third-order valence-electron chi connectivity index (χ3n) is 1.81. The molecule has 1 aromatic heterocycles. The van der Waals surface area contributed by atoms with Gasteiger partial charge in [-0.2, -0.15) is 5.10 Å². The Hall–Kier alpha value is -1.58. The molecule has 1 rings (SSSR count). The SMILES string of the molecule is C=Cn1cc(CC(C)C(=O)O)cn1. The predicted molar refractivity (Wildman–Crippen MR) is 49.1 cm³/mol. The van der Waals surface area contributed by atoms with Crippen LogP contribution in [-0.4, -0.2) is 20.9 Å². The molecular weight excluding hydrogens is 168 g/mol. The minimum atomic E-state index is -0.786. The lowest BCUT2D eigenvalue weighted by Gasteiger charge is -2.01. The maximum Gasteiger partial charge on any atom is 0.306 e. The number of aromatic nitrogens is 2. The Balaban J connectivity index is 2.63. The highest BCUT2D eigenvalue weighted by Gasteiger charge is 2.12. The van der Waals surface area contributed by atoms with Crippen molar-refractivity contribution in [3.05, 3.63) is 24.5 Å². The largest absolute Gasteiger partial charge is 0.481 e. The Labute approximate surface area is 76.5 Å². The van der Waals surface area contributed by atoms with E-state index in [2.05, 4.69) is 11.7 Å². The quantitative estimate of drug-likeness (QED) is 0.758. The number of rotatable bonds is 4. The summed E-state index contributed by atoms with van der Waals surface area (Å²) in [5.74, 6) is -1.16. The first-order chi connectivity index (χ1) is 6.13. The zero-order valence-electron chi connectivity index (χ0n) is 7.47. The summed E-state index contributed by atoms with van der Waals surface area (Å²) in [6.45, 7) is 5.22. The summed E-state index contributed by atoms with van der Waals surface area (Å²) in [7, 11) is 0. The monoisotopic (exact) mass is 180 g/mol. The Morgan fingerprint density at radius 3 is 3.08 bits per heavy atom. The Morgan fingerprint density at radius 1 is 1.92 bits per heavy atom. The second kappa shape index (κ2) is 3.89. The maximum absolute atomic E-state index is 10.5. The highest BCUT2D eigenvalue weighted by atomic mass is 16.4. The highest BCUT2D eigenvalue weighted by Crippen LogP contribution is 2.07. The van der Waals surface area contributed by atoms with Crippen molar-refractivity contribution in [2.24, 2.45) is 5.92 Å². The van der Waals surface area contributed by atoms with Crippen molar-refractivity contribution < 1.29 is 9.90 Å². The molecule has 1 unspecified atom stereocenters. The molecule has 1 aromatic rings. The fraction of sp³-hybridized carbons (Fsp3) is 0.333. The van der Waals surface area contributed by atoms with Crippen LogP contribution in [0, 0.1) is 5.92 Å². The van der Waals surface area contributed by atoms with E-state index >= 15 is 0 Å². The van der Waals surface area contributed by atoms with E-state index in [1.54, 1.807) is 30.2 Å². The molecule has 70 valence electrons. The van der Waals surface area contributed by atoms with E-state index in [-0.39, 0.29) is 5.92 Å². The minimum absolute atomic E-state index is 0.373. The van der Waals surface area contributed by atoms with E-state index in [9.17, 15) is 4.79 Å². The van der Waals surface area contributed by atoms with Crippen LogP contribution in [0.25, 0.3) is 6.20 Å². The van der Waals surface area contributed by atoms with Crippen LogP contribution in [-0.2, 0) is 11.2 Å². The Bertz CT molecular complexity index is 317. The number of nitrogens with zero attached hydrogens (tertiary/aromatic N) is 2. The van der Waals surface area contributed by atoms with E-state index in [0.29, 0.717) is 6.42 Å². The van der Waals surface area contributed by atoms with E-state index < -0.39 is 5.97 Å². The number of hydrogen-bond donors (Lipinski definition) is 1. The topological polar surface area (TPSA) is 55.1 Å². The van der Waals surface area contributed by atoms with Crippen LogP contribution < -0.4 is 0 Å². The first-order valence-electron chi connectivity index (χ1n) is 4.02. The number of carbonyl (C=O) groups is 1. The van der Waals surface area contributed by atoms with Gasteiger partial charge in [0.2, 0.25) is 0 Å². The van der Waals surface area contributed by atoms with Gasteiger partial charge in [-0.3, -0.25) is 4.79 Å². The summed E-state index contributed by atoms with van der Waals surface area (Å²) in [6, 6.07) is 0.